The van der Waals surface area contributed by atoms with Crippen molar-refractivity contribution in [3.05, 3.63) is 54.1 Å². The molecule has 29 heavy (non-hydrogen) atoms. The first-order chi connectivity index (χ1) is 14.3. The van der Waals surface area contributed by atoms with Gasteiger partial charge >= 0.3 is 0 Å². The Balaban J connectivity index is 1.64. The predicted molar refractivity (Wildman–Crippen MR) is 122 cm³/mol. The second-order valence-electron chi connectivity index (χ2n) is 7.27. The van der Waals surface area contributed by atoms with E-state index in [0.29, 0.717) is 6.54 Å². The van der Waals surface area contributed by atoms with Crippen molar-refractivity contribution in [2.45, 2.75) is 51.9 Å². The van der Waals surface area contributed by atoms with Crippen molar-refractivity contribution in [1.82, 2.24) is 5.32 Å². The van der Waals surface area contributed by atoms with Crippen molar-refractivity contribution >= 4 is 11.4 Å². The van der Waals surface area contributed by atoms with Crippen molar-refractivity contribution < 1.29 is 4.74 Å². The van der Waals surface area contributed by atoms with Crippen LogP contribution in [-0.4, -0.2) is 26.2 Å². The lowest BCUT2D eigenvalue weighted by Gasteiger charge is -2.06. The molecule has 0 saturated heterocycles. The first-order valence-electron chi connectivity index (χ1n) is 11.0. The highest BCUT2D eigenvalue weighted by Gasteiger charge is 1.97. The third-order valence-corrected chi connectivity index (χ3v) is 4.71. The third kappa shape index (κ3) is 10.2. The molecule has 0 aliphatic rings. The van der Waals surface area contributed by atoms with Crippen molar-refractivity contribution in [1.29, 1.82) is 0 Å². The molecule has 0 heterocycles. The van der Waals surface area contributed by atoms with Gasteiger partial charge < -0.3 is 15.8 Å². The molecule has 0 spiro atoms. The highest BCUT2D eigenvalue weighted by Crippen LogP contribution is 2.22. The summed E-state index contributed by atoms with van der Waals surface area (Å²) < 4.78 is 5.81. The predicted octanol–water partition coefficient (Wildman–Crippen LogP) is 5.93. The van der Waals surface area contributed by atoms with Crippen LogP contribution < -0.4 is 15.8 Å². The van der Waals surface area contributed by atoms with E-state index in [9.17, 15) is 0 Å². The number of aryl methyl sites for hydroxylation is 1. The number of hydrogen-bond donors (Lipinski definition) is 2. The molecule has 2 aromatic rings. The summed E-state index contributed by atoms with van der Waals surface area (Å²) in [5.74, 6) is 0.883. The van der Waals surface area contributed by atoms with Gasteiger partial charge in [-0.25, -0.2) is 0 Å². The Morgan fingerprint density at radius 3 is 2.10 bits per heavy atom. The summed E-state index contributed by atoms with van der Waals surface area (Å²) >= 11 is 0. The highest BCUT2D eigenvalue weighted by atomic mass is 16.5. The Bertz CT molecular complexity index is 683. The van der Waals surface area contributed by atoms with Crippen LogP contribution in [0.5, 0.6) is 5.75 Å². The summed E-state index contributed by atoms with van der Waals surface area (Å²) in [5, 5.41) is 12.0. The zero-order chi connectivity index (χ0) is 20.6. The average Bonchev–Trinajstić information content (AvgIpc) is 2.76. The number of nitrogens with one attached hydrogen (secondary N) is 1. The number of hydrogen-bond acceptors (Lipinski definition) is 5. The third-order valence-electron chi connectivity index (χ3n) is 4.71. The van der Waals surface area contributed by atoms with Gasteiger partial charge in [0.05, 0.1) is 18.0 Å². The lowest BCUT2D eigenvalue weighted by Crippen LogP contribution is -2.23. The molecule has 0 unspecified atom stereocenters. The molecule has 0 aromatic heterocycles. The van der Waals surface area contributed by atoms with Gasteiger partial charge in [0.2, 0.25) is 0 Å². The van der Waals surface area contributed by atoms with Crippen LogP contribution in [0.25, 0.3) is 0 Å². The largest absolute Gasteiger partial charge is 0.494 e. The summed E-state index contributed by atoms with van der Waals surface area (Å²) in [6.07, 6.45) is 8.25. The standard InChI is InChI=1S/C24H36N4O/c1-2-3-8-21-9-11-22(12-10-21)27-28-23-13-15-24(16-14-23)29-20-7-5-4-6-18-26-19-17-25/h9-16,26H,2-8,17-20,25H2,1H3. The molecule has 2 aromatic carbocycles. The molecule has 3 N–H and O–H groups in total. The van der Waals surface area contributed by atoms with Gasteiger partial charge in [-0.05, 0) is 74.2 Å². The average molecular weight is 397 g/mol. The van der Waals surface area contributed by atoms with Gasteiger partial charge in [-0.2, -0.15) is 10.2 Å². The Kier molecular flexibility index (Phi) is 11.7. The molecule has 0 fully saturated rings. The Labute approximate surface area is 175 Å². The van der Waals surface area contributed by atoms with Crippen LogP contribution in [0.15, 0.2) is 58.8 Å². The first kappa shape index (κ1) is 23.0. The molecular formula is C24H36N4O. The van der Waals surface area contributed by atoms with Crippen molar-refractivity contribution in [3.63, 3.8) is 0 Å². The number of nitrogens with two attached hydrogens (primary N) is 1. The lowest BCUT2D eigenvalue weighted by atomic mass is 10.1. The summed E-state index contributed by atoms with van der Waals surface area (Å²) in [5.41, 5.74) is 8.51. The molecule has 2 rings (SSSR count). The van der Waals surface area contributed by atoms with Crippen molar-refractivity contribution in [2.75, 3.05) is 26.2 Å². The Morgan fingerprint density at radius 1 is 0.793 bits per heavy atom. The van der Waals surface area contributed by atoms with E-state index in [1.807, 2.05) is 36.4 Å². The smallest absolute Gasteiger partial charge is 0.119 e. The fourth-order valence-corrected chi connectivity index (χ4v) is 2.96. The number of unbranched alkanes of at least 4 members (excludes halogenated alkanes) is 4. The number of azo groups is 1. The maximum atomic E-state index is 5.81. The van der Waals surface area contributed by atoms with Gasteiger partial charge in [0.1, 0.15) is 5.75 Å². The molecule has 0 radical (unpaired) electrons. The second kappa shape index (κ2) is 14.7. The van der Waals surface area contributed by atoms with E-state index < -0.39 is 0 Å². The second-order valence-corrected chi connectivity index (χ2v) is 7.27. The number of nitrogens with zero attached hydrogens (tertiary/aromatic N) is 2. The van der Waals surface area contributed by atoms with E-state index in [1.54, 1.807) is 0 Å². The van der Waals surface area contributed by atoms with Crippen LogP contribution in [0.1, 0.15) is 51.0 Å². The Hall–Kier alpha value is -2.24. The molecule has 0 bridgehead atoms. The minimum atomic E-state index is 0.709. The SMILES string of the molecule is CCCCc1ccc(N=Nc2ccc(OCCCCCCNCCN)cc2)cc1. The van der Waals surface area contributed by atoms with Crippen LogP contribution in [0, 0.1) is 0 Å². The monoisotopic (exact) mass is 396 g/mol. The van der Waals surface area contributed by atoms with Crippen molar-refractivity contribution in [2.24, 2.45) is 16.0 Å². The molecule has 0 saturated carbocycles. The molecule has 5 nitrogen and oxygen atoms in total. The van der Waals surface area contributed by atoms with Gasteiger partial charge in [-0.15, -0.1) is 0 Å². The fourth-order valence-electron chi connectivity index (χ4n) is 2.96. The molecule has 158 valence electrons. The zero-order valence-corrected chi connectivity index (χ0v) is 17.8. The molecule has 0 atom stereocenters. The van der Waals surface area contributed by atoms with Crippen LogP contribution >= 0.6 is 0 Å². The number of benzene rings is 2. The molecule has 5 heteroatoms. The van der Waals surface area contributed by atoms with Crippen LogP contribution in [-0.2, 0) is 6.42 Å². The zero-order valence-electron chi connectivity index (χ0n) is 17.8. The van der Waals surface area contributed by atoms with Gasteiger partial charge in [0.15, 0.2) is 0 Å². The molecule has 0 amide bonds. The van der Waals surface area contributed by atoms with Gasteiger partial charge in [0, 0.05) is 13.1 Å². The Morgan fingerprint density at radius 2 is 1.45 bits per heavy atom. The highest BCUT2D eigenvalue weighted by molar-refractivity contribution is 5.43. The normalized spacial score (nSPS) is 11.2. The van der Waals surface area contributed by atoms with E-state index in [4.69, 9.17) is 10.5 Å². The van der Waals surface area contributed by atoms with E-state index in [1.165, 1.54) is 37.7 Å². The summed E-state index contributed by atoms with van der Waals surface area (Å²) in [6.45, 7) is 5.63. The van der Waals surface area contributed by atoms with Gasteiger partial charge in [0.25, 0.3) is 0 Å². The quantitative estimate of drug-likeness (QED) is 0.289. The van der Waals surface area contributed by atoms with Crippen LogP contribution in [0.3, 0.4) is 0 Å². The maximum absolute atomic E-state index is 5.81. The fraction of sp³-hybridized carbons (Fsp3) is 0.500. The molecular weight excluding hydrogens is 360 g/mol. The number of ether oxygens (including phenoxy) is 1. The van der Waals surface area contributed by atoms with E-state index in [-0.39, 0.29) is 0 Å². The summed E-state index contributed by atoms with van der Waals surface area (Å²) in [7, 11) is 0. The minimum absolute atomic E-state index is 0.709. The summed E-state index contributed by atoms with van der Waals surface area (Å²) in [4.78, 5) is 0. The van der Waals surface area contributed by atoms with Crippen LogP contribution in [0.2, 0.25) is 0 Å². The van der Waals surface area contributed by atoms with Gasteiger partial charge in [-0.3, -0.25) is 0 Å². The van der Waals surface area contributed by atoms with Crippen LogP contribution in [0.4, 0.5) is 11.4 Å². The first-order valence-corrected chi connectivity index (χ1v) is 11.0. The lowest BCUT2D eigenvalue weighted by molar-refractivity contribution is 0.304. The number of rotatable bonds is 15. The molecule has 0 aliphatic carbocycles. The van der Waals surface area contributed by atoms with Gasteiger partial charge in [-0.1, -0.05) is 38.3 Å². The van der Waals surface area contributed by atoms with Crippen molar-refractivity contribution in [3.8, 4) is 5.75 Å². The van der Waals surface area contributed by atoms with E-state index >= 15 is 0 Å². The molecule has 0 aliphatic heterocycles. The minimum Gasteiger partial charge on any atom is -0.494 e. The van der Waals surface area contributed by atoms with E-state index in [0.717, 1.165) is 49.7 Å². The topological polar surface area (TPSA) is 72.0 Å². The summed E-state index contributed by atoms with van der Waals surface area (Å²) in [6, 6.07) is 16.1. The maximum Gasteiger partial charge on any atom is 0.119 e. The van der Waals surface area contributed by atoms with E-state index in [2.05, 4.69) is 34.6 Å².